The first kappa shape index (κ1) is 10.1. The molecule has 86 valence electrons. The number of aromatic nitrogens is 1. The molecule has 4 heteroatoms. The number of ether oxygens (including phenoxy) is 1. The molecule has 2 aromatic rings. The summed E-state index contributed by atoms with van der Waals surface area (Å²) in [6, 6.07) is 9.42. The third kappa shape index (κ3) is 1.37. The number of hydrogen-bond acceptors (Lipinski definition) is 4. The number of benzene rings is 1. The second kappa shape index (κ2) is 3.20. The SMILES string of the molecule is CC1(C)OC(=O)c2c1noc2-c1ccccc1. The topological polar surface area (TPSA) is 52.3 Å². The van der Waals surface area contributed by atoms with Crippen molar-refractivity contribution in [1.82, 2.24) is 5.16 Å². The number of nitrogens with zero attached hydrogens (tertiary/aromatic N) is 1. The van der Waals surface area contributed by atoms with Gasteiger partial charge in [-0.2, -0.15) is 0 Å². The van der Waals surface area contributed by atoms with Crippen LogP contribution in [0.2, 0.25) is 0 Å². The lowest BCUT2D eigenvalue weighted by Crippen LogP contribution is -2.17. The summed E-state index contributed by atoms with van der Waals surface area (Å²) in [7, 11) is 0. The van der Waals surface area contributed by atoms with Crippen molar-refractivity contribution in [2.24, 2.45) is 0 Å². The van der Waals surface area contributed by atoms with Gasteiger partial charge in [0.1, 0.15) is 11.3 Å². The maximum Gasteiger partial charge on any atom is 0.345 e. The van der Waals surface area contributed by atoms with Gasteiger partial charge in [0.25, 0.3) is 0 Å². The third-order valence-electron chi connectivity index (χ3n) is 2.85. The van der Waals surface area contributed by atoms with Gasteiger partial charge in [0, 0.05) is 5.56 Å². The molecule has 2 heterocycles. The first-order valence-electron chi connectivity index (χ1n) is 5.38. The average Bonchev–Trinajstić information content (AvgIpc) is 2.82. The van der Waals surface area contributed by atoms with E-state index >= 15 is 0 Å². The predicted molar refractivity (Wildman–Crippen MR) is 60.4 cm³/mol. The summed E-state index contributed by atoms with van der Waals surface area (Å²) in [6.07, 6.45) is 0. The Morgan fingerprint density at radius 2 is 1.88 bits per heavy atom. The summed E-state index contributed by atoms with van der Waals surface area (Å²) in [5.41, 5.74) is 1.14. The molecule has 0 atom stereocenters. The highest BCUT2D eigenvalue weighted by atomic mass is 16.6. The van der Waals surface area contributed by atoms with E-state index in [4.69, 9.17) is 9.26 Å². The van der Waals surface area contributed by atoms with Gasteiger partial charge in [0.15, 0.2) is 11.4 Å². The molecular formula is C13H11NO3. The van der Waals surface area contributed by atoms with Crippen molar-refractivity contribution in [1.29, 1.82) is 0 Å². The van der Waals surface area contributed by atoms with Crippen LogP contribution in [0.4, 0.5) is 0 Å². The summed E-state index contributed by atoms with van der Waals surface area (Å²) in [4.78, 5) is 11.8. The van der Waals surface area contributed by atoms with Crippen LogP contribution in [0.15, 0.2) is 34.9 Å². The van der Waals surface area contributed by atoms with E-state index in [-0.39, 0.29) is 5.97 Å². The minimum atomic E-state index is -0.705. The molecule has 1 aliphatic heterocycles. The lowest BCUT2D eigenvalue weighted by atomic mass is 10.0. The standard InChI is InChI=1S/C13H11NO3/c1-13(2)11-9(12(15)16-13)10(17-14-11)8-6-4-3-5-7-8/h3-7H,1-2H3. The Bertz CT molecular complexity index is 584. The molecule has 0 bridgehead atoms. The molecule has 0 saturated carbocycles. The Morgan fingerprint density at radius 3 is 2.59 bits per heavy atom. The number of hydrogen-bond donors (Lipinski definition) is 0. The Kier molecular flexibility index (Phi) is 1.90. The molecule has 0 aliphatic carbocycles. The molecular weight excluding hydrogens is 218 g/mol. The monoisotopic (exact) mass is 229 g/mol. The average molecular weight is 229 g/mol. The van der Waals surface area contributed by atoms with Crippen molar-refractivity contribution in [3.05, 3.63) is 41.6 Å². The number of carbonyl (C=O) groups is 1. The molecule has 0 spiro atoms. The maximum absolute atomic E-state index is 11.8. The van der Waals surface area contributed by atoms with Gasteiger partial charge in [0.05, 0.1) is 0 Å². The quantitative estimate of drug-likeness (QED) is 0.705. The second-order valence-corrected chi connectivity index (χ2v) is 4.50. The Balaban J connectivity index is 2.21. The normalized spacial score (nSPS) is 16.7. The van der Waals surface area contributed by atoms with Gasteiger partial charge in [-0.25, -0.2) is 4.79 Å². The van der Waals surface area contributed by atoms with E-state index in [1.807, 2.05) is 30.3 Å². The molecule has 0 amide bonds. The maximum atomic E-state index is 11.8. The van der Waals surface area contributed by atoms with Crippen LogP contribution in [0.1, 0.15) is 29.9 Å². The zero-order valence-electron chi connectivity index (χ0n) is 9.56. The minimum absolute atomic E-state index is 0.370. The molecule has 4 nitrogen and oxygen atoms in total. The molecule has 0 N–H and O–H groups in total. The van der Waals surface area contributed by atoms with Crippen molar-refractivity contribution in [3.63, 3.8) is 0 Å². The first-order chi connectivity index (χ1) is 8.09. The van der Waals surface area contributed by atoms with Crippen molar-refractivity contribution in [2.75, 3.05) is 0 Å². The molecule has 0 saturated heterocycles. The highest BCUT2D eigenvalue weighted by Gasteiger charge is 2.44. The van der Waals surface area contributed by atoms with Crippen molar-refractivity contribution in [3.8, 4) is 11.3 Å². The number of fused-ring (bicyclic) bond motifs is 1. The zero-order chi connectivity index (χ0) is 12.0. The Labute approximate surface area is 98.2 Å². The molecule has 0 radical (unpaired) electrons. The van der Waals surface area contributed by atoms with Crippen LogP contribution >= 0.6 is 0 Å². The third-order valence-corrected chi connectivity index (χ3v) is 2.85. The van der Waals surface area contributed by atoms with Crippen LogP contribution in [0.5, 0.6) is 0 Å². The van der Waals surface area contributed by atoms with Crippen LogP contribution in [0.3, 0.4) is 0 Å². The van der Waals surface area contributed by atoms with E-state index in [0.717, 1.165) is 5.56 Å². The largest absolute Gasteiger partial charge is 0.449 e. The summed E-state index contributed by atoms with van der Waals surface area (Å²) in [6.45, 7) is 3.60. The van der Waals surface area contributed by atoms with Gasteiger partial charge < -0.3 is 9.26 Å². The predicted octanol–water partition coefficient (Wildman–Crippen LogP) is 2.75. The first-order valence-corrected chi connectivity index (χ1v) is 5.38. The Morgan fingerprint density at radius 1 is 1.18 bits per heavy atom. The fraction of sp³-hybridized carbons (Fsp3) is 0.231. The van der Waals surface area contributed by atoms with E-state index in [2.05, 4.69) is 5.16 Å². The number of rotatable bonds is 1. The van der Waals surface area contributed by atoms with Gasteiger partial charge >= 0.3 is 5.97 Å². The summed E-state index contributed by atoms with van der Waals surface area (Å²) < 4.78 is 10.5. The highest BCUT2D eigenvalue weighted by Crippen LogP contribution is 2.40. The van der Waals surface area contributed by atoms with Gasteiger partial charge in [-0.15, -0.1) is 0 Å². The van der Waals surface area contributed by atoms with Crippen LogP contribution in [-0.2, 0) is 10.3 Å². The molecule has 1 aliphatic rings. The smallest absolute Gasteiger partial charge is 0.345 e. The second-order valence-electron chi connectivity index (χ2n) is 4.50. The van der Waals surface area contributed by atoms with Crippen molar-refractivity contribution >= 4 is 5.97 Å². The van der Waals surface area contributed by atoms with Gasteiger partial charge in [-0.05, 0) is 13.8 Å². The van der Waals surface area contributed by atoms with E-state index in [0.29, 0.717) is 17.0 Å². The lowest BCUT2D eigenvalue weighted by molar-refractivity contribution is 0.00609. The molecule has 0 fully saturated rings. The molecule has 1 aromatic heterocycles. The van der Waals surface area contributed by atoms with Crippen LogP contribution < -0.4 is 0 Å². The summed E-state index contributed by atoms with van der Waals surface area (Å²) in [5, 5.41) is 3.96. The number of esters is 1. The zero-order valence-corrected chi connectivity index (χ0v) is 9.56. The van der Waals surface area contributed by atoms with Gasteiger partial charge in [-0.1, -0.05) is 35.5 Å². The molecule has 3 rings (SSSR count). The van der Waals surface area contributed by atoms with Gasteiger partial charge in [0.2, 0.25) is 0 Å². The number of carbonyl (C=O) groups excluding carboxylic acids is 1. The molecule has 0 unspecified atom stereocenters. The summed E-state index contributed by atoms with van der Waals surface area (Å²) in [5.74, 6) is 0.112. The fourth-order valence-electron chi connectivity index (χ4n) is 2.01. The van der Waals surface area contributed by atoms with Crippen LogP contribution in [0.25, 0.3) is 11.3 Å². The van der Waals surface area contributed by atoms with E-state index in [1.54, 1.807) is 13.8 Å². The highest BCUT2D eigenvalue weighted by molar-refractivity contribution is 5.99. The van der Waals surface area contributed by atoms with Crippen molar-refractivity contribution in [2.45, 2.75) is 19.4 Å². The van der Waals surface area contributed by atoms with Crippen LogP contribution in [-0.4, -0.2) is 11.1 Å². The van der Waals surface area contributed by atoms with E-state index in [1.165, 1.54) is 0 Å². The minimum Gasteiger partial charge on any atom is -0.449 e. The lowest BCUT2D eigenvalue weighted by Gasteiger charge is -2.14. The summed E-state index contributed by atoms with van der Waals surface area (Å²) >= 11 is 0. The Hall–Kier alpha value is -2.10. The van der Waals surface area contributed by atoms with Gasteiger partial charge in [-0.3, -0.25) is 0 Å². The molecule has 1 aromatic carbocycles. The molecule has 17 heavy (non-hydrogen) atoms. The van der Waals surface area contributed by atoms with E-state index in [9.17, 15) is 4.79 Å². The van der Waals surface area contributed by atoms with Crippen LogP contribution in [0, 0.1) is 0 Å². The fourth-order valence-corrected chi connectivity index (χ4v) is 2.01. The van der Waals surface area contributed by atoms with Crippen molar-refractivity contribution < 1.29 is 14.1 Å². The van der Waals surface area contributed by atoms with E-state index < -0.39 is 5.60 Å². The number of cyclic esters (lactones) is 1.